The number of fused-ring (bicyclic) bond motifs is 1. The number of amides is 2. The van der Waals surface area contributed by atoms with Crippen LogP contribution in [0, 0.1) is 0 Å². The first-order valence-electron chi connectivity index (χ1n) is 9.48. The van der Waals surface area contributed by atoms with Gasteiger partial charge in [-0.3, -0.25) is 0 Å². The molecule has 0 saturated carbocycles. The van der Waals surface area contributed by atoms with Crippen LogP contribution in [0.3, 0.4) is 0 Å². The highest BCUT2D eigenvalue weighted by molar-refractivity contribution is 5.75. The van der Waals surface area contributed by atoms with Gasteiger partial charge in [0.15, 0.2) is 0 Å². The summed E-state index contributed by atoms with van der Waals surface area (Å²) in [4.78, 5) is 14.2. The fourth-order valence-corrected chi connectivity index (χ4v) is 3.53. The smallest absolute Gasteiger partial charge is 0.416 e. The monoisotopic (exact) mass is 406 g/mol. The maximum absolute atomic E-state index is 12.7. The van der Waals surface area contributed by atoms with E-state index in [9.17, 15) is 18.0 Å². The van der Waals surface area contributed by atoms with E-state index in [1.165, 1.54) is 12.1 Å². The normalized spacial score (nSPS) is 19.0. The Morgan fingerprint density at radius 1 is 1.10 bits per heavy atom. The Morgan fingerprint density at radius 3 is 2.55 bits per heavy atom. The fraction of sp³-hybridized carbons (Fsp3) is 0.381. The van der Waals surface area contributed by atoms with Crippen LogP contribution >= 0.6 is 0 Å². The lowest BCUT2D eigenvalue weighted by molar-refractivity contribution is -0.137. The molecule has 2 aromatic rings. The van der Waals surface area contributed by atoms with Crippen molar-refractivity contribution in [1.29, 1.82) is 0 Å². The molecule has 2 aromatic carbocycles. The molecule has 2 amide bonds. The highest BCUT2D eigenvalue weighted by Crippen LogP contribution is 2.32. The molecule has 2 aliphatic heterocycles. The molecule has 0 spiro atoms. The number of benzene rings is 2. The molecule has 2 aliphatic rings. The SMILES string of the molecule is O=C(NC1CCOC1)N1CCc2ccc(Oc3ccc(C(F)(F)F)cc3)cc2C1. The lowest BCUT2D eigenvalue weighted by Gasteiger charge is -2.30. The van der Waals surface area contributed by atoms with Gasteiger partial charge in [0.05, 0.1) is 18.2 Å². The third kappa shape index (κ3) is 4.64. The first-order valence-corrected chi connectivity index (χ1v) is 9.48. The summed E-state index contributed by atoms with van der Waals surface area (Å²) >= 11 is 0. The number of carbonyl (C=O) groups excluding carboxylic acids is 1. The van der Waals surface area contributed by atoms with E-state index in [2.05, 4.69) is 5.32 Å². The topological polar surface area (TPSA) is 50.8 Å². The molecule has 2 heterocycles. The van der Waals surface area contributed by atoms with Crippen molar-refractivity contribution in [3.05, 3.63) is 59.2 Å². The minimum absolute atomic E-state index is 0.0539. The van der Waals surface area contributed by atoms with Crippen LogP contribution < -0.4 is 10.1 Å². The Labute approximate surface area is 166 Å². The molecule has 0 aliphatic carbocycles. The Hall–Kier alpha value is -2.74. The zero-order valence-electron chi connectivity index (χ0n) is 15.7. The van der Waals surface area contributed by atoms with Gasteiger partial charge in [-0.25, -0.2) is 4.79 Å². The molecule has 0 aromatic heterocycles. The zero-order chi connectivity index (χ0) is 20.4. The van der Waals surface area contributed by atoms with Crippen LogP contribution in [0.15, 0.2) is 42.5 Å². The van der Waals surface area contributed by atoms with Gasteiger partial charge in [0, 0.05) is 19.7 Å². The summed E-state index contributed by atoms with van der Waals surface area (Å²) < 4.78 is 49.0. The van der Waals surface area contributed by atoms with Crippen molar-refractivity contribution >= 4 is 6.03 Å². The lowest BCUT2D eigenvalue weighted by Crippen LogP contribution is -2.46. The Morgan fingerprint density at radius 2 is 1.86 bits per heavy atom. The molecule has 1 unspecified atom stereocenters. The molecule has 29 heavy (non-hydrogen) atoms. The third-order valence-corrected chi connectivity index (χ3v) is 5.15. The highest BCUT2D eigenvalue weighted by Gasteiger charge is 2.30. The second-order valence-electron chi connectivity index (χ2n) is 7.24. The van der Waals surface area contributed by atoms with Gasteiger partial charge in [-0.1, -0.05) is 6.07 Å². The van der Waals surface area contributed by atoms with Crippen LogP contribution in [0.2, 0.25) is 0 Å². The van der Waals surface area contributed by atoms with E-state index in [1.807, 2.05) is 12.1 Å². The summed E-state index contributed by atoms with van der Waals surface area (Å²) in [6, 6.07) is 10.1. The number of rotatable bonds is 3. The summed E-state index contributed by atoms with van der Waals surface area (Å²) in [5.41, 5.74) is 1.39. The number of halogens is 3. The molecule has 1 N–H and O–H groups in total. The standard InChI is InChI=1S/C21H21F3N2O3/c22-21(23,24)16-2-5-18(6-3-16)29-19-4-1-14-7-9-26(12-15(14)11-19)20(27)25-17-8-10-28-13-17/h1-6,11,17H,7-10,12-13H2,(H,25,27). The fourth-order valence-electron chi connectivity index (χ4n) is 3.53. The molecule has 8 heteroatoms. The molecule has 4 rings (SSSR count). The summed E-state index contributed by atoms with van der Waals surface area (Å²) in [5.74, 6) is 0.847. The number of ether oxygens (including phenoxy) is 2. The number of carbonyl (C=O) groups is 1. The van der Waals surface area contributed by atoms with Crippen molar-refractivity contribution in [2.45, 2.75) is 31.6 Å². The Bertz CT molecular complexity index is 878. The lowest BCUT2D eigenvalue weighted by atomic mass is 9.99. The van der Waals surface area contributed by atoms with Gasteiger partial charge >= 0.3 is 12.2 Å². The first-order chi connectivity index (χ1) is 13.9. The Kier molecular flexibility index (Phi) is 5.36. The Balaban J connectivity index is 1.42. The first kappa shape index (κ1) is 19.6. The van der Waals surface area contributed by atoms with Crippen molar-refractivity contribution in [3.8, 4) is 11.5 Å². The van der Waals surface area contributed by atoms with Gasteiger partial charge in [0.2, 0.25) is 0 Å². The minimum atomic E-state index is -4.38. The highest BCUT2D eigenvalue weighted by atomic mass is 19.4. The van der Waals surface area contributed by atoms with Crippen molar-refractivity contribution in [3.63, 3.8) is 0 Å². The zero-order valence-corrected chi connectivity index (χ0v) is 15.7. The number of alkyl halides is 3. The van der Waals surface area contributed by atoms with E-state index >= 15 is 0 Å². The van der Waals surface area contributed by atoms with Crippen molar-refractivity contribution in [2.75, 3.05) is 19.8 Å². The van der Waals surface area contributed by atoms with Gasteiger partial charge in [0.1, 0.15) is 11.5 Å². The molecular formula is C21H21F3N2O3. The van der Waals surface area contributed by atoms with Crippen LogP contribution in [-0.4, -0.2) is 36.7 Å². The van der Waals surface area contributed by atoms with E-state index < -0.39 is 11.7 Å². The van der Waals surface area contributed by atoms with Gasteiger partial charge in [0.25, 0.3) is 0 Å². The second-order valence-corrected chi connectivity index (χ2v) is 7.24. The average Bonchev–Trinajstić information content (AvgIpc) is 3.20. The summed E-state index contributed by atoms with van der Waals surface area (Å²) in [7, 11) is 0. The number of nitrogens with one attached hydrogen (secondary N) is 1. The number of urea groups is 1. The number of hydrogen-bond acceptors (Lipinski definition) is 3. The molecule has 5 nitrogen and oxygen atoms in total. The van der Waals surface area contributed by atoms with Crippen LogP contribution in [0.5, 0.6) is 11.5 Å². The second kappa shape index (κ2) is 7.94. The minimum Gasteiger partial charge on any atom is -0.457 e. The number of hydrogen-bond donors (Lipinski definition) is 1. The van der Waals surface area contributed by atoms with Crippen molar-refractivity contribution < 1.29 is 27.4 Å². The average molecular weight is 406 g/mol. The number of nitrogens with zero attached hydrogens (tertiary/aromatic N) is 1. The predicted molar refractivity (Wildman–Crippen MR) is 99.8 cm³/mol. The van der Waals surface area contributed by atoms with Gasteiger partial charge in [-0.05, 0) is 60.4 Å². The largest absolute Gasteiger partial charge is 0.457 e. The maximum Gasteiger partial charge on any atom is 0.416 e. The molecule has 0 radical (unpaired) electrons. The van der Waals surface area contributed by atoms with E-state index in [4.69, 9.17) is 9.47 Å². The van der Waals surface area contributed by atoms with E-state index in [1.54, 1.807) is 11.0 Å². The van der Waals surface area contributed by atoms with Crippen LogP contribution in [0.4, 0.5) is 18.0 Å². The van der Waals surface area contributed by atoms with Gasteiger partial charge < -0.3 is 19.7 Å². The van der Waals surface area contributed by atoms with E-state index in [-0.39, 0.29) is 12.1 Å². The maximum atomic E-state index is 12.7. The summed E-state index contributed by atoms with van der Waals surface area (Å²) in [6.07, 6.45) is -2.81. The van der Waals surface area contributed by atoms with Gasteiger partial charge in [-0.15, -0.1) is 0 Å². The van der Waals surface area contributed by atoms with Crippen LogP contribution in [0.1, 0.15) is 23.1 Å². The summed E-state index contributed by atoms with van der Waals surface area (Å²) in [5, 5.41) is 2.99. The van der Waals surface area contributed by atoms with Crippen LogP contribution in [0.25, 0.3) is 0 Å². The summed E-state index contributed by atoms with van der Waals surface area (Å²) in [6.45, 7) is 2.30. The molecule has 0 bridgehead atoms. The predicted octanol–water partition coefficient (Wildman–Crippen LogP) is 4.35. The third-order valence-electron chi connectivity index (χ3n) is 5.15. The molecular weight excluding hydrogens is 385 g/mol. The van der Waals surface area contributed by atoms with E-state index in [0.717, 1.165) is 36.1 Å². The molecule has 1 atom stereocenters. The molecule has 1 fully saturated rings. The quantitative estimate of drug-likeness (QED) is 0.824. The van der Waals surface area contributed by atoms with E-state index in [0.29, 0.717) is 37.8 Å². The van der Waals surface area contributed by atoms with Crippen molar-refractivity contribution in [2.24, 2.45) is 0 Å². The molecule has 154 valence electrons. The van der Waals surface area contributed by atoms with Gasteiger partial charge in [-0.2, -0.15) is 13.2 Å². The molecule has 1 saturated heterocycles. The van der Waals surface area contributed by atoms with Crippen molar-refractivity contribution in [1.82, 2.24) is 10.2 Å². The van der Waals surface area contributed by atoms with Crippen LogP contribution in [-0.2, 0) is 23.9 Å².